The van der Waals surface area contributed by atoms with Crippen LogP contribution in [0.5, 0.6) is 11.5 Å². The van der Waals surface area contributed by atoms with E-state index in [9.17, 15) is 19.7 Å². The van der Waals surface area contributed by atoms with Crippen LogP contribution in [0.15, 0.2) is 46.2 Å². The summed E-state index contributed by atoms with van der Waals surface area (Å²) in [5.74, 6) is -3.50. The molecule has 0 aliphatic rings. The van der Waals surface area contributed by atoms with Crippen molar-refractivity contribution in [1.82, 2.24) is 0 Å². The second-order valence-corrected chi connectivity index (χ2v) is 11.5. The SMILES string of the molecule is Cc1ccc(O)cc1SP(=O)(O)Sc1cc(O)ccc1C. The topological polar surface area (TPSA) is 77.8 Å². The zero-order chi connectivity index (χ0) is 15.6. The minimum absolute atomic E-state index is 0.0571. The fourth-order valence-electron chi connectivity index (χ4n) is 1.64. The Bertz CT molecular complexity index is 661. The average Bonchev–Trinajstić information content (AvgIpc) is 2.37. The van der Waals surface area contributed by atoms with Crippen LogP contribution in [0.3, 0.4) is 0 Å². The first kappa shape index (κ1) is 16.3. The molecule has 0 saturated heterocycles. The third-order valence-electron chi connectivity index (χ3n) is 2.77. The molecule has 0 fully saturated rings. The van der Waals surface area contributed by atoms with Crippen LogP contribution in [-0.2, 0) is 4.57 Å². The van der Waals surface area contributed by atoms with Crippen molar-refractivity contribution in [2.24, 2.45) is 0 Å². The number of hydrogen-bond donors (Lipinski definition) is 3. The molecule has 0 aliphatic carbocycles. The fraction of sp³-hybridized carbons (Fsp3) is 0.143. The lowest BCUT2D eigenvalue weighted by Crippen LogP contribution is -1.81. The van der Waals surface area contributed by atoms with Crippen LogP contribution >= 0.6 is 28.5 Å². The largest absolute Gasteiger partial charge is 0.508 e. The highest BCUT2D eigenvalue weighted by Gasteiger charge is 2.24. The fourth-order valence-corrected chi connectivity index (χ4v) is 7.51. The first-order valence-corrected chi connectivity index (χ1v) is 10.6. The molecule has 0 aliphatic heterocycles. The summed E-state index contributed by atoms with van der Waals surface area (Å²) >= 11 is 1.66. The molecule has 0 spiro atoms. The van der Waals surface area contributed by atoms with Gasteiger partial charge in [0.05, 0.1) is 0 Å². The molecule has 0 saturated carbocycles. The van der Waals surface area contributed by atoms with Crippen molar-refractivity contribution >= 4 is 28.5 Å². The Morgan fingerprint density at radius 2 is 1.24 bits per heavy atom. The Kier molecular flexibility index (Phi) is 4.94. The summed E-state index contributed by atoms with van der Waals surface area (Å²) in [7, 11) is 0. The van der Waals surface area contributed by atoms with Crippen molar-refractivity contribution in [3.05, 3.63) is 47.5 Å². The summed E-state index contributed by atoms with van der Waals surface area (Å²) in [5.41, 5.74) is 1.64. The first-order chi connectivity index (χ1) is 9.77. The molecule has 0 heterocycles. The van der Waals surface area contributed by atoms with Crippen molar-refractivity contribution in [3.63, 3.8) is 0 Å². The lowest BCUT2D eigenvalue weighted by Gasteiger charge is -2.13. The Balaban J connectivity index is 2.24. The van der Waals surface area contributed by atoms with Crippen molar-refractivity contribution < 1.29 is 19.7 Å². The second kappa shape index (κ2) is 6.36. The quantitative estimate of drug-likeness (QED) is 0.699. The minimum Gasteiger partial charge on any atom is -0.508 e. The molecule has 0 amide bonds. The molecule has 0 radical (unpaired) electrons. The van der Waals surface area contributed by atoms with Crippen LogP contribution in [0.1, 0.15) is 11.1 Å². The van der Waals surface area contributed by atoms with Gasteiger partial charge in [0.15, 0.2) is 0 Å². The standard InChI is InChI=1S/C14H15O4PS2/c1-9-3-5-11(15)7-13(9)20-19(17,18)21-14-8-12(16)6-4-10(14)2/h3-8,15-16H,1-2H3,(H,17,18). The van der Waals surface area contributed by atoms with Gasteiger partial charge in [0.2, 0.25) is 0 Å². The molecule has 0 aromatic heterocycles. The summed E-state index contributed by atoms with van der Waals surface area (Å²) in [4.78, 5) is 11.3. The Morgan fingerprint density at radius 3 is 1.62 bits per heavy atom. The molecular weight excluding hydrogens is 327 g/mol. The van der Waals surface area contributed by atoms with E-state index < -0.39 is 5.77 Å². The van der Waals surface area contributed by atoms with Gasteiger partial charge in [-0.15, -0.1) is 0 Å². The van der Waals surface area contributed by atoms with Crippen LogP contribution in [0.2, 0.25) is 0 Å². The van der Waals surface area contributed by atoms with Gasteiger partial charge in [-0.05, 0) is 72.0 Å². The molecule has 7 heteroatoms. The predicted molar refractivity (Wildman–Crippen MR) is 87.2 cm³/mol. The Hall–Kier alpha value is -1.07. The first-order valence-electron chi connectivity index (χ1n) is 6.08. The average molecular weight is 342 g/mol. The van der Waals surface area contributed by atoms with Gasteiger partial charge < -0.3 is 15.1 Å². The highest BCUT2D eigenvalue weighted by Crippen LogP contribution is 2.71. The van der Waals surface area contributed by atoms with E-state index in [4.69, 9.17) is 0 Å². The zero-order valence-electron chi connectivity index (χ0n) is 11.5. The summed E-state index contributed by atoms with van der Waals surface area (Å²) in [6.07, 6.45) is 0. The number of benzene rings is 2. The molecule has 2 rings (SSSR count). The number of aryl methyl sites for hydroxylation is 2. The summed E-state index contributed by atoms with van der Waals surface area (Å²) in [6, 6.07) is 9.41. The monoisotopic (exact) mass is 342 g/mol. The Labute approximate surface area is 131 Å². The minimum atomic E-state index is -3.62. The summed E-state index contributed by atoms with van der Waals surface area (Å²) < 4.78 is 12.4. The van der Waals surface area contributed by atoms with Crippen LogP contribution in [0.4, 0.5) is 0 Å². The van der Waals surface area contributed by atoms with E-state index in [1.54, 1.807) is 12.1 Å². The Morgan fingerprint density at radius 1 is 0.857 bits per heavy atom. The molecule has 2 aromatic rings. The zero-order valence-corrected chi connectivity index (χ0v) is 14.0. The molecule has 0 unspecified atom stereocenters. The van der Waals surface area contributed by atoms with Gasteiger partial charge in [-0.25, -0.2) is 0 Å². The number of phenolic OH excluding ortho intramolecular Hbond substituents is 2. The second-order valence-electron chi connectivity index (χ2n) is 4.55. The van der Waals surface area contributed by atoms with E-state index in [1.165, 1.54) is 24.3 Å². The van der Waals surface area contributed by atoms with E-state index in [0.717, 1.165) is 33.9 Å². The lowest BCUT2D eigenvalue weighted by molar-refractivity contribution is 0.473. The lowest BCUT2D eigenvalue weighted by atomic mass is 10.2. The summed E-state index contributed by atoms with van der Waals surface area (Å²) in [5, 5.41) is 19.0. The molecule has 21 heavy (non-hydrogen) atoms. The third kappa shape index (κ3) is 4.45. The molecule has 3 N–H and O–H groups in total. The number of hydrogen-bond acceptors (Lipinski definition) is 5. The predicted octanol–water partition coefficient (Wildman–Crippen LogP) is 4.70. The maximum atomic E-state index is 12.4. The van der Waals surface area contributed by atoms with Crippen molar-refractivity contribution in [2.75, 3.05) is 0 Å². The van der Waals surface area contributed by atoms with Gasteiger partial charge in [0.1, 0.15) is 11.5 Å². The summed E-state index contributed by atoms with van der Waals surface area (Å²) in [6.45, 7) is 3.62. The van der Waals surface area contributed by atoms with E-state index in [1.807, 2.05) is 13.8 Å². The van der Waals surface area contributed by atoms with Crippen LogP contribution in [0, 0.1) is 13.8 Å². The van der Waals surface area contributed by atoms with Crippen LogP contribution in [0.25, 0.3) is 0 Å². The van der Waals surface area contributed by atoms with Gasteiger partial charge in [-0.2, -0.15) is 0 Å². The molecule has 2 aromatic carbocycles. The smallest absolute Gasteiger partial charge is 0.320 e. The van der Waals surface area contributed by atoms with Gasteiger partial charge in [0.25, 0.3) is 0 Å². The maximum absolute atomic E-state index is 12.4. The molecular formula is C14H15O4PS2. The number of aromatic hydroxyl groups is 2. The highest BCUT2D eigenvalue weighted by atomic mass is 33.1. The van der Waals surface area contributed by atoms with Crippen LogP contribution in [-0.4, -0.2) is 15.1 Å². The maximum Gasteiger partial charge on any atom is 0.320 e. The van der Waals surface area contributed by atoms with Gasteiger partial charge in [-0.1, -0.05) is 12.1 Å². The molecule has 112 valence electrons. The van der Waals surface area contributed by atoms with Gasteiger partial charge >= 0.3 is 5.77 Å². The van der Waals surface area contributed by atoms with Crippen molar-refractivity contribution in [1.29, 1.82) is 0 Å². The number of rotatable bonds is 4. The van der Waals surface area contributed by atoms with Crippen LogP contribution < -0.4 is 0 Å². The highest BCUT2D eigenvalue weighted by molar-refractivity contribution is 8.89. The van der Waals surface area contributed by atoms with E-state index in [2.05, 4.69) is 0 Å². The molecule has 0 atom stereocenters. The van der Waals surface area contributed by atoms with E-state index in [0.29, 0.717) is 9.79 Å². The normalized spacial score (nSPS) is 11.6. The number of phenols is 2. The third-order valence-corrected chi connectivity index (χ3v) is 8.41. The molecule has 0 bridgehead atoms. The molecule has 4 nitrogen and oxygen atoms in total. The van der Waals surface area contributed by atoms with Gasteiger partial charge in [0, 0.05) is 9.79 Å². The van der Waals surface area contributed by atoms with Crippen molar-refractivity contribution in [2.45, 2.75) is 23.6 Å². The van der Waals surface area contributed by atoms with Gasteiger partial charge in [-0.3, -0.25) is 4.57 Å². The van der Waals surface area contributed by atoms with E-state index in [-0.39, 0.29) is 11.5 Å². The van der Waals surface area contributed by atoms with E-state index >= 15 is 0 Å². The van der Waals surface area contributed by atoms with Crippen molar-refractivity contribution in [3.8, 4) is 11.5 Å².